The second kappa shape index (κ2) is 10.7. The SMILES string of the molecule is CCOc1cc(CNc2cc(Cl)ccc2C)ccc1OCC(=O)Nc1ccccc1C. The zero-order valence-electron chi connectivity index (χ0n) is 18.0. The van der Waals surface area contributed by atoms with Gasteiger partial charge in [0.15, 0.2) is 18.1 Å². The molecule has 0 radical (unpaired) electrons. The van der Waals surface area contributed by atoms with Gasteiger partial charge in [-0.3, -0.25) is 4.79 Å². The molecule has 31 heavy (non-hydrogen) atoms. The number of ether oxygens (including phenoxy) is 2. The minimum Gasteiger partial charge on any atom is -0.490 e. The molecule has 0 aliphatic rings. The van der Waals surface area contributed by atoms with Crippen LogP contribution in [0.25, 0.3) is 0 Å². The number of nitrogens with one attached hydrogen (secondary N) is 2. The molecule has 0 unspecified atom stereocenters. The van der Waals surface area contributed by atoms with Crippen molar-refractivity contribution in [3.05, 3.63) is 82.4 Å². The van der Waals surface area contributed by atoms with Crippen LogP contribution in [0.4, 0.5) is 11.4 Å². The molecule has 3 rings (SSSR count). The molecule has 0 heterocycles. The van der Waals surface area contributed by atoms with Crippen molar-refractivity contribution in [2.24, 2.45) is 0 Å². The Morgan fingerprint density at radius 2 is 1.68 bits per heavy atom. The van der Waals surface area contributed by atoms with E-state index in [-0.39, 0.29) is 12.5 Å². The molecule has 0 saturated carbocycles. The average Bonchev–Trinajstić information content (AvgIpc) is 2.75. The van der Waals surface area contributed by atoms with E-state index in [1.54, 1.807) is 0 Å². The summed E-state index contributed by atoms with van der Waals surface area (Å²) in [5, 5.41) is 6.95. The lowest BCUT2D eigenvalue weighted by molar-refractivity contribution is -0.118. The Labute approximate surface area is 188 Å². The first kappa shape index (κ1) is 22.5. The largest absolute Gasteiger partial charge is 0.490 e. The maximum Gasteiger partial charge on any atom is 0.262 e. The standard InChI is InChI=1S/C25H27ClN2O3/c1-4-30-24-13-19(15-27-22-14-20(26)11-9-18(22)3)10-12-23(24)31-16-25(29)28-21-8-6-5-7-17(21)2/h5-14,27H,4,15-16H2,1-3H3,(H,28,29). The van der Waals surface area contributed by atoms with Crippen molar-refractivity contribution in [3.8, 4) is 11.5 Å². The van der Waals surface area contributed by atoms with Gasteiger partial charge in [0.25, 0.3) is 5.91 Å². The maximum atomic E-state index is 12.3. The number of aryl methyl sites for hydroxylation is 2. The molecule has 3 aromatic rings. The van der Waals surface area contributed by atoms with Crippen LogP contribution in [0.15, 0.2) is 60.7 Å². The Kier molecular flexibility index (Phi) is 7.79. The quantitative estimate of drug-likeness (QED) is 0.431. The summed E-state index contributed by atoms with van der Waals surface area (Å²) in [4.78, 5) is 12.3. The van der Waals surface area contributed by atoms with Crippen LogP contribution in [0, 0.1) is 13.8 Å². The fourth-order valence-corrected chi connectivity index (χ4v) is 3.25. The molecule has 3 aromatic carbocycles. The zero-order chi connectivity index (χ0) is 22.2. The highest BCUT2D eigenvalue weighted by Gasteiger charge is 2.11. The fourth-order valence-electron chi connectivity index (χ4n) is 3.07. The number of hydrogen-bond acceptors (Lipinski definition) is 4. The predicted octanol–water partition coefficient (Wildman–Crippen LogP) is 5.99. The molecule has 2 N–H and O–H groups in total. The molecule has 0 saturated heterocycles. The average molecular weight is 439 g/mol. The van der Waals surface area contributed by atoms with Gasteiger partial charge in [0, 0.05) is 22.9 Å². The number of amides is 1. The molecular formula is C25H27ClN2O3. The predicted molar refractivity (Wildman–Crippen MR) is 126 cm³/mol. The van der Waals surface area contributed by atoms with E-state index in [4.69, 9.17) is 21.1 Å². The molecule has 0 atom stereocenters. The summed E-state index contributed by atoms with van der Waals surface area (Å²) < 4.78 is 11.5. The Balaban J connectivity index is 1.63. The van der Waals surface area contributed by atoms with Gasteiger partial charge in [-0.15, -0.1) is 0 Å². The van der Waals surface area contributed by atoms with E-state index in [0.29, 0.717) is 29.7 Å². The van der Waals surface area contributed by atoms with Gasteiger partial charge in [-0.2, -0.15) is 0 Å². The third-order valence-corrected chi connectivity index (χ3v) is 5.00. The number of benzene rings is 3. The minimum absolute atomic E-state index is 0.103. The van der Waals surface area contributed by atoms with Gasteiger partial charge in [-0.05, 0) is 67.8 Å². The molecular weight excluding hydrogens is 412 g/mol. The number of hydrogen-bond donors (Lipinski definition) is 2. The summed E-state index contributed by atoms with van der Waals surface area (Å²) in [6.07, 6.45) is 0. The summed E-state index contributed by atoms with van der Waals surface area (Å²) in [5.74, 6) is 0.914. The van der Waals surface area contributed by atoms with Crippen molar-refractivity contribution < 1.29 is 14.3 Å². The summed E-state index contributed by atoms with van der Waals surface area (Å²) in [6.45, 7) is 6.89. The van der Waals surface area contributed by atoms with Crippen LogP contribution in [0.3, 0.4) is 0 Å². The number of para-hydroxylation sites is 1. The van der Waals surface area contributed by atoms with E-state index in [1.807, 2.05) is 81.4 Å². The molecule has 0 aliphatic heterocycles. The van der Waals surface area contributed by atoms with E-state index in [0.717, 1.165) is 28.1 Å². The number of carbonyl (C=O) groups is 1. The van der Waals surface area contributed by atoms with Crippen molar-refractivity contribution in [3.63, 3.8) is 0 Å². The molecule has 6 heteroatoms. The summed E-state index contributed by atoms with van der Waals surface area (Å²) in [6, 6.07) is 19.1. The van der Waals surface area contributed by atoms with Crippen LogP contribution in [-0.2, 0) is 11.3 Å². The smallest absolute Gasteiger partial charge is 0.262 e. The van der Waals surface area contributed by atoms with E-state index in [9.17, 15) is 4.79 Å². The number of halogens is 1. The monoisotopic (exact) mass is 438 g/mol. The molecule has 0 fully saturated rings. The van der Waals surface area contributed by atoms with Gasteiger partial charge in [0.1, 0.15) is 0 Å². The number of anilines is 2. The van der Waals surface area contributed by atoms with Gasteiger partial charge < -0.3 is 20.1 Å². The van der Waals surface area contributed by atoms with Crippen LogP contribution >= 0.6 is 11.6 Å². The van der Waals surface area contributed by atoms with Crippen molar-refractivity contribution in [2.75, 3.05) is 23.8 Å². The second-order valence-electron chi connectivity index (χ2n) is 7.18. The molecule has 1 amide bonds. The first-order chi connectivity index (χ1) is 15.0. The highest BCUT2D eigenvalue weighted by molar-refractivity contribution is 6.30. The number of carbonyl (C=O) groups excluding carboxylic acids is 1. The van der Waals surface area contributed by atoms with Crippen LogP contribution in [0.1, 0.15) is 23.6 Å². The Morgan fingerprint density at radius 3 is 2.45 bits per heavy atom. The molecule has 0 bridgehead atoms. The van der Waals surface area contributed by atoms with Crippen LogP contribution in [-0.4, -0.2) is 19.1 Å². The molecule has 5 nitrogen and oxygen atoms in total. The Morgan fingerprint density at radius 1 is 0.903 bits per heavy atom. The topological polar surface area (TPSA) is 59.6 Å². The van der Waals surface area contributed by atoms with Crippen molar-refractivity contribution >= 4 is 28.9 Å². The van der Waals surface area contributed by atoms with Gasteiger partial charge in [0.05, 0.1) is 6.61 Å². The van der Waals surface area contributed by atoms with E-state index < -0.39 is 0 Å². The van der Waals surface area contributed by atoms with Gasteiger partial charge in [-0.25, -0.2) is 0 Å². The van der Waals surface area contributed by atoms with Crippen LogP contribution in [0.5, 0.6) is 11.5 Å². The Hall–Kier alpha value is -3.18. The fraction of sp³-hybridized carbons (Fsp3) is 0.240. The normalized spacial score (nSPS) is 10.5. The third kappa shape index (κ3) is 6.40. The first-order valence-corrected chi connectivity index (χ1v) is 10.6. The summed E-state index contributed by atoms with van der Waals surface area (Å²) >= 11 is 6.10. The Bertz CT molecular complexity index is 1050. The first-order valence-electron chi connectivity index (χ1n) is 10.2. The molecule has 0 aromatic heterocycles. The second-order valence-corrected chi connectivity index (χ2v) is 7.62. The van der Waals surface area contributed by atoms with Crippen molar-refractivity contribution in [1.82, 2.24) is 0 Å². The third-order valence-electron chi connectivity index (χ3n) is 4.77. The molecule has 162 valence electrons. The van der Waals surface area contributed by atoms with Crippen molar-refractivity contribution in [1.29, 1.82) is 0 Å². The van der Waals surface area contributed by atoms with Gasteiger partial charge in [0.2, 0.25) is 0 Å². The zero-order valence-corrected chi connectivity index (χ0v) is 18.8. The van der Waals surface area contributed by atoms with E-state index in [2.05, 4.69) is 10.6 Å². The lowest BCUT2D eigenvalue weighted by Crippen LogP contribution is -2.20. The van der Waals surface area contributed by atoms with Crippen LogP contribution < -0.4 is 20.1 Å². The van der Waals surface area contributed by atoms with Crippen LogP contribution in [0.2, 0.25) is 5.02 Å². The minimum atomic E-state index is -0.223. The molecule has 0 spiro atoms. The highest BCUT2D eigenvalue weighted by atomic mass is 35.5. The molecule has 0 aliphatic carbocycles. The lowest BCUT2D eigenvalue weighted by atomic mass is 10.1. The van der Waals surface area contributed by atoms with Crippen molar-refractivity contribution in [2.45, 2.75) is 27.3 Å². The lowest BCUT2D eigenvalue weighted by Gasteiger charge is -2.15. The summed E-state index contributed by atoms with van der Waals surface area (Å²) in [5.41, 5.74) is 4.91. The van der Waals surface area contributed by atoms with Gasteiger partial charge in [-0.1, -0.05) is 41.9 Å². The summed E-state index contributed by atoms with van der Waals surface area (Å²) in [7, 11) is 0. The van der Waals surface area contributed by atoms with E-state index in [1.165, 1.54) is 0 Å². The van der Waals surface area contributed by atoms with E-state index >= 15 is 0 Å². The number of rotatable bonds is 9. The van der Waals surface area contributed by atoms with Gasteiger partial charge >= 0.3 is 0 Å². The highest BCUT2D eigenvalue weighted by Crippen LogP contribution is 2.29. The maximum absolute atomic E-state index is 12.3.